The lowest BCUT2D eigenvalue weighted by atomic mass is 10.1. The first-order valence-electron chi connectivity index (χ1n) is 9.93. The number of hydrogen-bond donors (Lipinski definition) is 0. The van der Waals surface area contributed by atoms with E-state index in [1.165, 1.54) is 0 Å². The maximum absolute atomic E-state index is 12.7. The number of hydrogen-bond acceptors (Lipinski definition) is 4. The molecule has 0 radical (unpaired) electrons. The summed E-state index contributed by atoms with van der Waals surface area (Å²) in [5.74, 6) is 1.47. The fourth-order valence-electron chi connectivity index (χ4n) is 3.06. The number of benzene rings is 2. The number of aryl methyl sites for hydroxylation is 1. The summed E-state index contributed by atoms with van der Waals surface area (Å²) in [6.45, 7) is 7.44. The van der Waals surface area contributed by atoms with Crippen LogP contribution in [0.5, 0.6) is 0 Å². The normalized spacial score (nSPS) is 11.3. The molecule has 1 heterocycles. The van der Waals surface area contributed by atoms with Crippen LogP contribution in [-0.2, 0) is 11.2 Å². The van der Waals surface area contributed by atoms with E-state index in [0.29, 0.717) is 37.1 Å². The highest BCUT2D eigenvalue weighted by molar-refractivity contribution is 5.91. The zero-order valence-corrected chi connectivity index (χ0v) is 17.2. The second-order valence-electron chi connectivity index (χ2n) is 7.55. The Morgan fingerprint density at radius 1 is 1.14 bits per heavy atom. The van der Waals surface area contributed by atoms with E-state index < -0.39 is 0 Å². The van der Waals surface area contributed by atoms with Crippen LogP contribution in [0.15, 0.2) is 65.2 Å². The second-order valence-corrected chi connectivity index (χ2v) is 7.55. The molecule has 150 valence electrons. The lowest BCUT2D eigenvalue weighted by Gasteiger charge is -2.22. The molecule has 1 amide bonds. The molecule has 0 saturated carbocycles. The molecule has 0 spiro atoms. The monoisotopic (exact) mass is 389 g/mol. The van der Waals surface area contributed by atoms with Crippen LogP contribution in [-0.4, -0.2) is 34.0 Å². The van der Waals surface area contributed by atoms with E-state index in [1.807, 2.05) is 72.5 Å². The van der Waals surface area contributed by atoms with E-state index in [0.717, 1.165) is 16.7 Å². The number of nitrogens with zero attached hydrogens (tertiary/aromatic N) is 3. The third-order valence-corrected chi connectivity index (χ3v) is 4.46. The number of aromatic nitrogens is 2. The van der Waals surface area contributed by atoms with Crippen LogP contribution < -0.4 is 0 Å². The third kappa shape index (κ3) is 6.14. The third-order valence-electron chi connectivity index (χ3n) is 4.46. The molecule has 2 aromatic carbocycles. The van der Waals surface area contributed by atoms with Crippen molar-refractivity contribution in [3.8, 4) is 11.4 Å². The molecule has 3 rings (SSSR count). The van der Waals surface area contributed by atoms with E-state index >= 15 is 0 Å². The fourth-order valence-corrected chi connectivity index (χ4v) is 3.06. The van der Waals surface area contributed by atoms with E-state index in [2.05, 4.69) is 24.0 Å². The van der Waals surface area contributed by atoms with Crippen molar-refractivity contribution in [3.05, 3.63) is 77.7 Å². The van der Waals surface area contributed by atoms with Gasteiger partial charge >= 0.3 is 0 Å². The van der Waals surface area contributed by atoms with Gasteiger partial charge in [0.2, 0.25) is 17.6 Å². The minimum absolute atomic E-state index is 0.0130. The minimum atomic E-state index is -0.0130. The molecular formula is C24H27N3O2. The Bertz CT molecular complexity index is 961. The zero-order chi connectivity index (χ0) is 20.6. The van der Waals surface area contributed by atoms with Crippen molar-refractivity contribution < 1.29 is 9.32 Å². The summed E-state index contributed by atoms with van der Waals surface area (Å²) in [6.07, 6.45) is 4.00. The Labute approximate surface area is 172 Å². The van der Waals surface area contributed by atoms with Crippen LogP contribution in [0.25, 0.3) is 17.5 Å². The van der Waals surface area contributed by atoms with Gasteiger partial charge in [0, 0.05) is 31.1 Å². The van der Waals surface area contributed by atoms with Crippen molar-refractivity contribution in [3.63, 3.8) is 0 Å². The smallest absolute Gasteiger partial charge is 0.246 e. The summed E-state index contributed by atoms with van der Waals surface area (Å²) in [7, 11) is 0. The van der Waals surface area contributed by atoms with Gasteiger partial charge in [0.05, 0.1) is 0 Å². The van der Waals surface area contributed by atoms with Gasteiger partial charge in [-0.2, -0.15) is 4.98 Å². The van der Waals surface area contributed by atoms with Gasteiger partial charge < -0.3 is 9.42 Å². The quantitative estimate of drug-likeness (QED) is 0.520. The summed E-state index contributed by atoms with van der Waals surface area (Å²) in [6, 6.07) is 17.8. The SMILES string of the molecule is Cc1cccc(-c2noc(CCN(CC(C)C)C(=O)C=Cc3ccccc3)n2)c1. The number of carbonyl (C=O) groups is 1. The average molecular weight is 389 g/mol. The molecule has 5 nitrogen and oxygen atoms in total. The van der Waals surface area contributed by atoms with Gasteiger partial charge in [-0.05, 0) is 30.5 Å². The Kier molecular flexibility index (Phi) is 6.95. The molecule has 0 atom stereocenters. The van der Waals surface area contributed by atoms with Crippen molar-refractivity contribution in [1.29, 1.82) is 0 Å². The molecule has 0 bridgehead atoms. The van der Waals surface area contributed by atoms with Gasteiger partial charge in [0.25, 0.3) is 0 Å². The second kappa shape index (κ2) is 9.82. The van der Waals surface area contributed by atoms with Crippen LogP contribution in [0, 0.1) is 12.8 Å². The molecule has 3 aromatic rings. The van der Waals surface area contributed by atoms with E-state index in [9.17, 15) is 4.79 Å². The minimum Gasteiger partial charge on any atom is -0.339 e. The molecule has 0 aliphatic carbocycles. The first-order valence-corrected chi connectivity index (χ1v) is 9.93. The van der Waals surface area contributed by atoms with Crippen molar-refractivity contribution in [2.45, 2.75) is 27.2 Å². The van der Waals surface area contributed by atoms with Crippen LogP contribution in [0.3, 0.4) is 0 Å². The first kappa shape index (κ1) is 20.5. The number of rotatable bonds is 8. The van der Waals surface area contributed by atoms with Gasteiger partial charge in [-0.1, -0.05) is 73.1 Å². The zero-order valence-electron chi connectivity index (χ0n) is 17.2. The Balaban J connectivity index is 1.65. The highest BCUT2D eigenvalue weighted by Crippen LogP contribution is 2.17. The van der Waals surface area contributed by atoms with Gasteiger partial charge in [-0.25, -0.2) is 0 Å². The molecule has 0 fully saturated rings. The molecule has 1 aromatic heterocycles. The summed E-state index contributed by atoms with van der Waals surface area (Å²) in [4.78, 5) is 19.0. The highest BCUT2D eigenvalue weighted by atomic mass is 16.5. The number of carbonyl (C=O) groups excluding carboxylic acids is 1. The maximum atomic E-state index is 12.7. The van der Waals surface area contributed by atoms with Gasteiger partial charge in [-0.15, -0.1) is 0 Å². The van der Waals surface area contributed by atoms with Crippen LogP contribution in [0.1, 0.15) is 30.9 Å². The van der Waals surface area contributed by atoms with Crippen molar-refractivity contribution in [2.75, 3.05) is 13.1 Å². The first-order chi connectivity index (χ1) is 14.0. The van der Waals surface area contributed by atoms with Crippen molar-refractivity contribution >= 4 is 12.0 Å². The molecule has 0 N–H and O–H groups in total. The van der Waals surface area contributed by atoms with E-state index in [4.69, 9.17) is 4.52 Å². The van der Waals surface area contributed by atoms with E-state index in [-0.39, 0.29) is 5.91 Å². The maximum Gasteiger partial charge on any atom is 0.246 e. The van der Waals surface area contributed by atoms with E-state index in [1.54, 1.807) is 6.08 Å². The molecule has 0 unspecified atom stereocenters. The number of amides is 1. The van der Waals surface area contributed by atoms with Gasteiger partial charge in [-0.3, -0.25) is 4.79 Å². The van der Waals surface area contributed by atoms with Crippen LogP contribution in [0.4, 0.5) is 0 Å². The van der Waals surface area contributed by atoms with Crippen LogP contribution in [0.2, 0.25) is 0 Å². The average Bonchev–Trinajstić information content (AvgIpc) is 3.19. The Morgan fingerprint density at radius 3 is 2.66 bits per heavy atom. The predicted octanol–water partition coefficient (Wildman–Crippen LogP) is 4.79. The lowest BCUT2D eigenvalue weighted by Crippen LogP contribution is -2.34. The highest BCUT2D eigenvalue weighted by Gasteiger charge is 2.15. The molecule has 29 heavy (non-hydrogen) atoms. The Hall–Kier alpha value is -3.21. The fraction of sp³-hybridized carbons (Fsp3) is 0.292. The topological polar surface area (TPSA) is 59.2 Å². The predicted molar refractivity (Wildman–Crippen MR) is 115 cm³/mol. The van der Waals surface area contributed by atoms with Gasteiger partial charge in [0.1, 0.15) is 0 Å². The molecular weight excluding hydrogens is 362 g/mol. The summed E-state index contributed by atoms with van der Waals surface area (Å²) >= 11 is 0. The summed E-state index contributed by atoms with van der Waals surface area (Å²) in [5, 5.41) is 4.08. The van der Waals surface area contributed by atoms with Crippen molar-refractivity contribution in [2.24, 2.45) is 5.92 Å². The molecule has 0 saturated heterocycles. The Morgan fingerprint density at radius 2 is 1.93 bits per heavy atom. The lowest BCUT2D eigenvalue weighted by molar-refractivity contribution is -0.126. The molecule has 0 aliphatic heterocycles. The molecule has 0 aliphatic rings. The summed E-state index contributed by atoms with van der Waals surface area (Å²) < 4.78 is 5.41. The van der Waals surface area contributed by atoms with Gasteiger partial charge in [0.15, 0.2) is 0 Å². The van der Waals surface area contributed by atoms with Crippen molar-refractivity contribution in [1.82, 2.24) is 15.0 Å². The standard InChI is InChI=1S/C24H27N3O2/c1-18(2)17-27(23(28)13-12-20-9-5-4-6-10-20)15-14-22-25-24(26-29-22)21-11-7-8-19(3)16-21/h4-13,16,18H,14-15,17H2,1-3H3. The summed E-state index contributed by atoms with van der Waals surface area (Å²) in [5.41, 5.74) is 3.08. The van der Waals surface area contributed by atoms with Crippen LogP contribution >= 0.6 is 0 Å². The molecule has 5 heteroatoms. The largest absolute Gasteiger partial charge is 0.339 e.